The Bertz CT molecular complexity index is 292. The molecule has 64 valence electrons. The van der Waals surface area contributed by atoms with E-state index in [0.717, 1.165) is 0 Å². The standard InChI is InChI=1S/C6H7BrN4O/c1-11(3-2-8)4-5-9-6(7)10-12-5/h3-4H2,1H3. The normalized spacial score (nSPS) is 10.2. The first kappa shape index (κ1) is 9.16. The number of rotatable bonds is 3. The van der Waals surface area contributed by atoms with E-state index in [1.807, 2.05) is 6.07 Å². The fourth-order valence-electron chi connectivity index (χ4n) is 0.706. The van der Waals surface area contributed by atoms with E-state index in [1.165, 1.54) is 0 Å². The van der Waals surface area contributed by atoms with Crippen LogP contribution in [0.2, 0.25) is 0 Å². The van der Waals surface area contributed by atoms with Crippen LogP contribution < -0.4 is 0 Å². The van der Waals surface area contributed by atoms with Gasteiger partial charge < -0.3 is 4.52 Å². The van der Waals surface area contributed by atoms with Gasteiger partial charge in [0, 0.05) is 0 Å². The molecule has 1 rings (SSSR count). The highest BCUT2D eigenvalue weighted by Crippen LogP contribution is 2.05. The molecule has 0 amide bonds. The van der Waals surface area contributed by atoms with Crippen molar-refractivity contribution < 1.29 is 4.52 Å². The summed E-state index contributed by atoms with van der Waals surface area (Å²) >= 11 is 3.06. The van der Waals surface area contributed by atoms with Crippen molar-refractivity contribution in [2.75, 3.05) is 13.6 Å². The molecular formula is C6H7BrN4O. The van der Waals surface area contributed by atoms with E-state index in [9.17, 15) is 0 Å². The van der Waals surface area contributed by atoms with Gasteiger partial charge in [0.05, 0.1) is 19.2 Å². The molecule has 0 aliphatic rings. The Morgan fingerprint density at radius 2 is 2.50 bits per heavy atom. The molecule has 0 spiro atoms. The highest BCUT2D eigenvalue weighted by Gasteiger charge is 2.06. The van der Waals surface area contributed by atoms with Crippen molar-refractivity contribution in [1.29, 1.82) is 5.26 Å². The third-order valence-corrected chi connectivity index (χ3v) is 1.51. The third-order valence-electron chi connectivity index (χ3n) is 1.19. The van der Waals surface area contributed by atoms with Gasteiger partial charge in [0.15, 0.2) is 0 Å². The van der Waals surface area contributed by atoms with Crippen LogP contribution in [0.3, 0.4) is 0 Å². The second-order valence-corrected chi connectivity index (χ2v) is 3.00. The van der Waals surface area contributed by atoms with E-state index in [0.29, 0.717) is 23.7 Å². The Balaban J connectivity index is 2.47. The highest BCUT2D eigenvalue weighted by molar-refractivity contribution is 9.10. The maximum Gasteiger partial charge on any atom is 0.241 e. The minimum atomic E-state index is 0.347. The lowest BCUT2D eigenvalue weighted by atomic mass is 10.5. The Hall–Kier alpha value is -0.930. The van der Waals surface area contributed by atoms with Gasteiger partial charge in [0.2, 0.25) is 10.6 Å². The molecule has 0 saturated heterocycles. The van der Waals surface area contributed by atoms with E-state index in [1.54, 1.807) is 11.9 Å². The second kappa shape index (κ2) is 4.18. The summed E-state index contributed by atoms with van der Waals surface area (Å²) in [7, 11) is 1.81. The van der Waals surface area contributed by atoms with Crippen molar-refractivity contribution in [2.24, 2.45) is 0 Å². The van der Waals surface area contributed by atoms with Crippen molar-refractivity contribution in [2.45, 2.75) is 6.54 Å². The molecule has 0 unspecified atom stereocenters. The van der Waals surface area contributed by atoms with Gasteiger partial charge in [-0.25, -0.2) is 0 Å². The number of nitrogens with zero attached hydrogens (tertiary/aromatic N) is 4. The summed E-state index contributed by atoms with van der Waals surface area (Å²) in [6.45, 7) is 0.839. The maximum absolute atomic E-state index is 8.35. The molecule has 0 N–H and O–H groups in total. The van der Waals surface area contributed by atoms with Crippen LogP contribution in [0.4, 0.5) is 0 Å². The lowest BCUT2D eigenvalue weighted by molar-refractivity contribution is 0.287. The molecule has 1 aromatic heterocycles. The molecule has 6 heteroatoms. The number of hydrogen-bond acceptors (Lipinski definition) is 5. The predicted octanol–water partition coefficient (Wildman–Crippen LogP) is 0.787. The number of halogens is 1. The zero-order valence-corrected chi connectivity index (χ0v) is 8.08. The van der Waals surface area contributed by atoms with Gasteiger partial charge in [-0.1, -0.05) is 0 Å². The van der Waals surface area contributed by atoms with E-state index < -0.39 is 0 Å². The van der Waals surface area contributed by atoms with Gasteiger partial charge in [-0.2, -0.15) is 10.2 Å². The average Bonchev–Trinajstić information content (AvgIpc) is 2.36. The summed E-state index contributed by atoms with van der Waals surface area (Å²) in [5, 5.41) is 11.9. The molecule has 5 nitrogen and oxygen atoms in total. The van der Waals surface area contributed by atoms with Crippen molar-refractivity contribution >= 4 is 15.9 Å². The average molecular weight is 231 g/mol. The molecule has 0 atom stereocenters. The fourth-order valence-corrected chi connectivity index (χ4v) is 0.976. The van der Waals surface area contributed by atoms with E-state index in [2.05, 4.69) is 26.1 Å². The largest absolute Gasteiger partial charge is 0.337 e. The van der Waals surface area contributed by atoms with Crippen LogP contribution in [0.5, 0.6) is 0 Å². The molecule has 0 bridgehead atoms. The minimum absolute atomic E-state index is 0.347. The summed E-state index contributed by atoms with van der Waals surface area (Å²) in [6, 6.07) is 2.02. The summed E-state index contributed by atoms with van der Waals surface area (Å²) in [4.78, 5) is 5.70. The van der Waals surface area contributed by atoms with Crippen LogP contribution in [0.1, 0.15) is 5.89 Å². The predicted molar refractivity (Wildman–Crippen MR) is 43.9 cm³/mol. The van der Waals surface area contributed by atoms with E-state index >= 15 is 0 Å². The number of hydrogen-bond donors (Lipinski definition) is 0. The molecule has 0 radical (unpaired) electrons. The molecular weight excluding hydrogens is 224 g/mol. The van der Waals surface area contributed by atoms with Crippen LogP contribution in [-0.4, -0.2) is 28.6 Å². The van der Waals surface area contributed by atoms with Crippen molar-refractivity contribution in [3.05, 3.63) is 10.6 Å². The molecule has 1 heterocycles. The summed E-state index contributed by atoms with van der Waals surface area (Å²) in [5.74, 6) is 0.500. The molecule has 0 aromatic carbocycles. The van der Waals surface area contributed by atoms with Gasteiger partial charge in [0.25, 0.3) is 0 Å². The minimum Gasteiger partial charge on any atom is -0.337 e. The van der Waals surface area contributed by atoms with Crippen LogP contribution in [0.15, 0.2) is 9.26 Å². The monoisotopic (exact) mass is 230 g/mol. The van der Waals surface area contributed by atoms with Gasteiger partial charge >= 0.3 is 0 Å². The molecule has 0 saturated carbocycles. The Morgan fingerprint density at radius 1 is 1.75 bits per heavy atom. The lowest BCUT2D eigenvalue weighted by Crippen LogP contribution is -2.17. The smallest absolute Gasteiger partial charge is 0.241 e. The SMILES string of the molecule is CN(CC#N)Cc1nc(Br)no1. The number of nitriles is 1. The zero-order chi connectivity index (χ0) is 8.97. The highest BCUT2D eigenvalue weighted by atomic mass is 79.9. The van der Waals surface area contributed by atoms with Gasteiger partial charge in [-0.3, -0.25) is 4.90 Å². The molecule has 0 aliphatic carbocycles. The summed E-state index contributed by atoms with van der Waals surface area (Å²) in [5.41, 5.74) is 0. The summed E-state index contributed by atoms with van der Waals surface area (Å²) in [6.07, 6.45) is 0. The van der Waals surface area contributed by atoms with Crippen molar-refractivity contribution in [1.82, 2.24) is 15.0 Å². The van der Waals surface area contributed by atoms with Gasteiger partial charge in [-0.15, -0.1) is 0 Å². The Labute approximate surface area is 78.1 Å². The lowest BCUT2D eigenvalue weighted by Gasteiger charge is -2.07. The zero-order valence-electron chi connectivity index (χ0n) is 6.49. The van der Waals surface area contributed by atoms with E-state index in [4.69, 9.17) is 9.78 Å². The quantitative estimate of drug-likeness (QED) is 0.719. The molecule has 12 heavy (non-hydrogen) atoms. The van der Waals surface area contributed by atoms with Crippen LogP contribution in [0.25, 0.3) is 0 Å². The molecule has 1 aromatic rings. The summed E-state index contributed by atoms with van der Waals surface area (Å²) < 4.78 is 5.26. The second-order valence-electron chi connectivity index (χ2n) is 2.29. The van der Waals surface area contributed by atoms with Crippen molar-refractivity contribution in [3.63, 3.8) is 0 Å². The Kier molecular flexibility index (Phi) is 3.19. The first-order chi connectivity index (χ1) is 5.72. The van der Waals surface area contributed by atoms with Crippen LogP contribution in [-0.2, 0) is 6.54 Å². The van der Waals surface area contributed by atoms with Gasteiger partial charge in [0.1, 0.15) is 0 Å². The first-order valence-electron chi connectivity index (χ1n) is 3.26. The first-order valence-corrected chi connectivity index (χ1v) is 4.05. The van der Waals surface area contributed by atoms with Crippen LogP contribution >= 0.6 is 15.9 Å². The van der Waals surface area contributed by atoms with Gasteiger partial charge in [-0.05, 0) is 28.1 Å². The fraction of sp³-hybridized carbons (Fsp3) is 0.500. The van der Waals surface area contributed by atoms with Crippen LogP contribution in [0, 0.1) is 11.3 Å². The topological polar surface area (TPSA) is 66.0 Å². The third kappa shape index (κ3) is 2.60. The molecule has 0 aliphatic heterocycles. The maximum atomic E-state index is 8.35. The molecule has 0 fully saturated rings. The van der Waals surface area contributed by atoms with E-state index in [-0.39, 0.29) is 0 Å². The number of aromatic nitrogens is 2. The Morgan fingerprint density at radius 3 is 3.00 bits per heavy atom. The van der Waals surface area contributed by atoms with Crippen molar-refractivity contribution in [3.8, 4) is 6.07 Å².